The summed E-state index contributed by atoms with van der Waals surface area (Å²) in [5.74, 6) is 1.42. The normalized spacial score (nSPS) is 25.1. The molecule has 0 bridgehead atoms. The first-order valence-corrected chi connectivity index (χ1v) is 6.79. The summed E-state index contributed by atoms with van der Waals surface area (Å²) in [6, 6.07) is 7.27. The SMILES string of the molecule is Oc1ccccc1C1=NCCN1CC1CC1(Cl)Cl. The van der Waals surface area contributed by atoms with Crippen molar-refractivity contribution in [1.82, 2.24) is 4.90 Å². The van der Waals surface area contributed by atoms with E-state index in [4.69, 9.17) is 23.2 Å². The number of alkyl halides is 2. The quantitative estimate of drug-likeness (QED) is 0.867. The van der Waals surface area contributed by atoms with Crippen LogP contribution in [-0.2, 0) is 0 Å². The van der Waals surface area contributed by atoms with Gasteiger partial charge in [0.15, 0.2) is 0 Å². The minimum atomic E-state index is -0.563. The molecule has 0 radical (unpaired) electrons. The maximum absolute atomic E-state index is 9.88. The molecule has 5 heteroatoms. The van der Waals surface area contributed by atoms with Crippen LogP contribution in [0.15, 0.2) is 29.3 Å². The fourth-order valence-electron chi connectivity index (χ4n) is 2.31. The molecular formula is C13H14Cl2N2O. The van der Waals surface area contributed by atoms with Crippen molar-refractivity contribution in [3.63, 3.8) is 0 Å². The number of phenolic OH excluding ortho intramolecular Hbond substituents is 1. The summed E-state index contributed by atoms with van der Waals surface area (Å²) in [7, 11) is 0. The molecule has 1 aliphatic heterocycles. The highest BCUT2D eigenvalue weighted by Crippen LogP contribution is 2.53. The van der Waals surface area contributed by atoms with Crippen LogP contribution in [0, 0.1) is 5.92 Å². The first-order chi connectivity index (χ1) is 8.58. The number of hydrogen-bond acceptors (Lipinski definition) is 3. The van der Waals surface area contributed by atoms with Crippen LogP contribution in [0.25, 0.3) is 0 Å². The Balaban J connectivity index is 1.78. The van der Waals surface area contributed by atoms with Gasteiger partial charge in [-0.1, -0.05) is 12.1 Å². The molecule has 1 N–H and O–H groups in total. The van der Waals surface area contributed by atoms with Gasteiger partial charge < -0.3 is 10.0 Å². The molecule has 2 aliphatic rings. The lowest BCUT2D eigenvalue weighted by molar-refractivity contribution is 0.428. The summed E-state index contributed by atoms with van der Waals surface area (Å²) in [5.41, 5.74) is 0.783. The Kier molecular flexibility index (Phi) is 2.91. The Morgan fingerprint density at radius 2 is 2.11 bits per heavy atom. The molecule has 0 saturated heterocycles. The maximum Gasteiger partial charge on any atom is 0.134 e. The first-order valence-electron chi connectivity index (χ1n) is 6.03. The van der Waals surface area contributed by atoms with Gasteiger partial charge in [0.2, 0.25) is 0 Å². The second-order valence-electron chi connectivity index (χ2n) is 4.83. The Bertz CT molecular complexity index is 502. The van der Waals surface area contributed by atoms with Gasteiger partial charge in [0.25, 0.3) is 0 Å². The number of nitrogens with zero attached hydrogens (tertiary/aromatic N) is 2. The lowest BCUT2D eigenvalue weighted by Gasteiger charge is -2.21. The van der Waals surface area contributed by atoms with Crippen molar-refractivity contribution in [2.24, 2.45) is 10.9 Å². The Hall–Kier alpha value is -0.930. The minimum Gasteiger partial charge on any atom is -0.507 e. The molecule has 3 rings (SSSR count). The molecule has 1 heterocycles. The highest BCUT2D eigenvalue weighted by molar-refractivity contribution is 6.50. The molecule has 0 aromatic heterocycles. The minimum absolute atomic E-state index is 0.266. The second kappa shape index (κ2) is 4.32. The lowest BCUT2D eigenvalue weighted by atomic mass is 10.1. The molecule has 0 spiro atoms. The van der Waals surface area contributed by atoms with Gasteiger partial charge in [0.05, 0.1) is 12.1 Å². The van der Waals surface area contributed by atoms with Crippen molar-refractivity contribution in [2.75, 3.05) is 19.6 Å². The van der Waals surface area contributed by atoms with Crippen molar-refractivity contribution >= 4 is 29.0 Å². The average molecular weight is 285 g/mol. The van der Waals surface area contributed by atoms with Crippen LogP contribution in [-0.4, -0.2) is 39.8 Å². The Labute approximate surface area is 116 Å². The fraction of sp³-hybridized carbons (Fsp3) is 0.462. The van der Waals surface area contributed by atoms with Gasteiger partial charge in [-0.25, -0.2) is 0 Å². The number of aromatic hydroxyl groups is 1. The van der Waals surface area contributed by atoms with E-state index in [1.54, 1.807) is 6.07 Å². The lowest BCUT2D eigenvalue weighted by Crippen LogP contribution is -2.31. The van der Waals surface area contributed by atoms with Crippen LogP contribution in [0.4, 0.5) is 0 Å². The zero-order valence-electron chi connectivity index (χ0n) is 9.81. The second-order valence-corrected chi connectivity index (χ2v) is 6.37. The van der Waals surface area contributed by atoms with Crippen molar-refractivity contribution < 1.29 is 5.11 Å². The zero-order chi connectivity index (χ0) is 12.8. The van der Waals surface area contributed by atoms with Crippen LogP contribution in [0.3, 0.4) is 0 Å². The molecule has 18 heavy (non-hydrogen) atoms. The van der Waals surface area contributed by atoms with E-state index in [9.17, 15) is 5.11 Å². The van der Waals surface area contributed by atoms with E-state index in [1.807, 2.05) is 18.2 Å². The monoisotopic (exact) mass is 284 g/mol. The third-order valence-electron chi connectivity index (χ3n) is 3.47. The molecule has 1 unspecified atom stereocenters. The van der Waals surface area contributed by atoms with Crippen molar-refractivity contribution in [3.8, 4) is 5.75 Å². The third kappa shape index (κ3) is 2.17. The largest absolute Gasteiger partial charge is 0.507 e. The zero-order valence-corrected chi connectivity index (χ0v) is 11.3. The van der Waals surface area contributed by atoms with Crippen LogP contribution in [0.2, 0.25) is 0 Å². The van der Waals surface area contributed by atoms with Gasteiger partial charge >= 0.3 is 0 Å². The van der Waals surface area contributed by atoms with Gasteiger partial charge in [-0.3, -0.25) is 4.99 Å². The summed E-state index contributed by atoms with van der Waals surface area (Å²) in [6.07, 6.45) is 0.834. The predicted molar refractivity (Wildman–Crippen MR) is 73.6 cm³/mol. The summed E-state index contributed by atoms with van der Waals surface area (Å²) in [5, 5.41) is 9.88. The Morgan fingerprint density at radius 3 is 2.78 bits per heavy atom. The summed E-state index contributed by atoms with van der Waals surface area (Å²) < 4.78 is -0.563. The van der Waals surface area contributed by atoms with Crippen LogP contribution in [0.1, 0.15) is 12.0 Å². The first kappa shape index (κ1) is 12.1. The van der Waals surface area contributed by atoms with Crippen molar-refractivity contribution in [1.29, 1.82) is 0 Å². The highest BCUT2D eigenvalue weighted by atomic mass is 35.5. The van der Waals surface area contributed by atoms with E-state index in [0.29, 0.717) is 5.92 Å². The van der Waals surface area contributed by atoms with Crippen molar-refractivity contribution in [2.45, 2.75) is 10.8 Å². The van der Waals surface area contributed by atoms with Crippen molar-refractivity contribution in [3.05, 3.63) is 29.8 Å². The van der Waals surface area contributed by atoms with E-state index in [-0.39, 0.29) is 5.75 Å². The highest BCUT2D eigenvalue weighted by Gasteiger charge is 2.52. The molecule has 3 nitrogen and oxygen atoms in total. The van der Waals surface area contributed by atoms with Crippen LogP contribution < -0.4 is 0 Å². The number of aliphatic imine (C=N–C) groups is 1. The average Bonchev–Trinajstić information content (AvgIpc) is 2.74. The van der Waals surface area contributed by atoms with E-state index in [2.05, 4.69) is 9.89 Å². The molecule has 96 valence electrons. The number of phenols is 1. The predicted octanol–water partition coefficient (Wildman–Crippen LogP) is 2.65. The molecular weight excluding hydrogens is 271 g/mol. The van der Waals surface area contributed by atoms with Crippen LogP contribution >= 0.6 is 23.2 Å². The number of amidine groups is 1. The van der Waals surface area contributed by atoms with E-state index >= 15 is 0 Å². The molecule has 1 saturated carbocycles. The van der Waals surface area contributed by atoms with E-state index in [1.165, 1.54) is 0 Å². The number of para-hydroxylation sites is 1. The third-order valence-corrected chi connectivity index (χ3v) is 4.40. The standard InChI is InChI=1S/C13H14Cl2N2O/c14-13(15)7-9(13)8-17-6-5-16-12(17)10-3-1-2-4-11(10)18/h1-4,9,18H,5-8H2. The maximum atomic E-state index is 9.88. The van der Waals surface area contributed by atoms with Gasteiger partial charge in [-0.05, 0) is 18.6 Å². The summed E-state index contributed by atoms with van der Waals surface area (Å²) in [4.78, 5) is 6.63. The number of rotatable bonds is 3. The van der Waals surface area contributed by atoms with Crippen LogP contribution in [0.5, 0.6) is 5.75 Å². The number of halogens is 2. The number of hydrogen-bond donors (Lipinski definition) is 1. The smallest absolute Gasteiger partial charge is 0.134 e. The van der Waals surface area contributed by atoms with Gasteiger partial charge in [-0.2, -0.15) is 0 Å². The molecule has 1 fully saturated rings. The molecule has 1 aliphatic carbocycles. The van der Waals surface area contributed by atoms with Gasteiger partial charge in [-0.15, -0.1) is 23.2 Å². The number of benzene rings is 1. The van der Waals surface area contributed by atoms with E-state index < -0.39 is 4.33 Å². The summed E-state index contributed by atoms with van der Waals surface area (Å²) in [6.45, 7) is 2.43. The van der Waals surface area contributed by atoms with Gasteiger partial charge in [0, 0.05) is 19.0 Å². The fourth-order valence-corrected chi connectivity index (χ4v) is 2.82. The van der Waals surface area contributed by atoms with E-state index in [0.717, 1.165) is 37.5 Å². The molecule has 1 atom stereocenters. The molecule has 0 amide bonds. The Morgan fingerprint density at radius 1 is 1.39 bits per heavy atom. The molecule has 1 aromatic carbocycles. The summed E-state index contributed by atoms with van der Waals surface area (Å²) >= 11 is 12.1. The van der Waals surface area contributed by atoms with Gasteiger partial charge in [0.1, 0.15) is 15.9 Å². The molecule has 1 aromatic rings. The topological polar surface area (TPSA) is 35.8 Å².